The van der Waals surface area contributed by atoms with E-state index in [1.54, 1.807) is 11.8 Å². The van der Waals surface area contributed by atoms with E-state index in [0.717, 1.165) is 26.9 Å². The maximum Gasteiger partial charge on any atom is 0.319 e. The first-order valence-corrected chi connectivity index (χ1v) is 14.4. The lowest BCUT2D eigenvalue weighted by atomic mass is 10.1. The van der Waals surface area contributed by atoms with E-state index in [-0.39, 0.29) is 11.2 Å². The minimum atomic E-state index is -0.217. The summed E-state index contributed by atoms with van der Waals surface area (Å²) in [5.74, 6) is 0.909. The Bertz CT molecular complexity index is 782. The number of nitrogens with zero attached hydrogens (tertiary/aromatic N) is 2. The molecule has 0 N–H and O–H groups in total. The van der Waals surface area contributed by atoms with E-state index in [2.05, 4.69) is 29.0 Å². The number of unbranched alkanes of at least 4 members (excludes halogenated alkanes) is 9. The topological polar surface area (TPSA) is 52.1 Å². The van der Waals surface area contributed by atoms with Gasteiger partial charge in [-0.15, -0.1) is 11.8 Å². The average molecular weight is 489 g/mol. The second-order valence-electron chi connectivity index (χ2n) is 8.32. The van der Waals surface area contributed by atoms with Gasteiger partial charge in [-0.1, -0.05) is 88.6 Å². The lowest BCUT2D eigenvalue weighted by molar-refractivity contribution is -0.142. The third kappa shape index (κ3) is 11.4. The van der Waals surface area contributed by atoms with E-state index in [0.29, 0.717) is 6.61 Å². The van der Waals surface area contributed by atoms with Crippen molar-refractivity contribution >= 4 is 29.5 Å². The smallest absolute Gasteiger partial charge is 0.319 e. The van der Waals surface area contributed by atoms with Crippen LogP contribution in [-0.2, 0) is 9.53 Å². The monoisotopic (exact) mass is 488 g/mol. The van der Waals surface area contributed by atoms with Crippen LogP contribution >= 0.6 is 23.5 Å². The summed E-state index contributed by atoms with van der Waals surface area (Å²) in [7, 11) is 0. The second-order valence-corrected chi connectivity index (χ2v) is 10.8. The zero-order valence-electron chi connectivity index (χ0n) is 20.6. The predicted molar refractivity (Wildman–Crippen MR) is 142 cm³/mol. The van der Waals surface area contributed by atoms with Crippen LogP contribution < -0.4 is 0 Å². The van der Waals surface area contributed by atoms with Gasteiger partial charge in [-0.05, 0) is 38.0 Å². The second kappa shape index (κ2) is 17.0. The highest BCUT2D eigenvalue weighted by Crippen LogP contribution is 2.27. The number of rotatable bonds is 17. The molecule has 33 heavy (non-hydrogen) atoms. The van der Waals surface area contributed by atoms with Gasteiger partial charge in [0.1, 0.15) is 5.25 Å². The third-order valence-corrected chi connectivity index (χ3v) is 7.53. The SMILES string of the molecule is CCCCCCCCCCCCSc1ncc(-c2ccc(S[C@H](C)C(=O)OCC)cc2)cn1. The normalized spacial score (nSPS) is 12.0. The quantitative estimate of drug-likeness (QED) is 0.0968. The van der Waals surface area contributed by atoms with Gasteiger partial charge in [-0.2, -0.15) is 0 Å². The van der Waals surface area contributed by atoms with Gasteiger partial charge in [0.05, 0.1) is 6.61 Å². The van der Waals surface area contributed by atoms with Crippen LogP contribution in [0.25, 0.3) is 11.1 Å². The standard InChI is InChI=1S/C27H40N2O2S2/c1-4-6-7-8-9-10-11-12-13-14-19-32-27-28-20-24(21-29-27)23-15-17-25(18-16-23)33-22(3)26(30)31-5-2/h15-18,20-22H,4-14,19H2,1-3H3/t22-/m1/s1. The molecule has 0 aliphatic heterocycles. The van der Waals surface area contributed by atoms with Crippen molar-refractivity contribution in [1.82, 2.24) is 9.97 Å². The number of thioether (sulfide) groups is 2. The molecule has 0 unspecified atom stereocenters. The molecule has 2 aromatic rings. The minimum absolute atomic E-state index is 0.175. The van der Waals surface area contributed by atoms with Crippen LogP contribution in [-0.4, -0.2) is 33.5 Å². The molecule has 1 heterocycles. The minimum Gasteiger partial charge on any atom is -0.465 e. The third-order valence-electron chi connectivity index (χ3n) is 5.48. The van der Waals surface area contributed by atoms with E-state index in [4.69, 9.17) is 4.74 Å². The number of carbonyl (C=O) groups is 1. The molecule has 0 aliphatic carbocycles. The van der Waals surface area contributed by atoms with Gasteiger partial charge >= 0.3 is 5.97 Å². The van der Waals surface area contributed by atoms with Crippen LogP contribution in [0.4, 0.5) is 0 Å². The Hall–Kier alpha value is -1.53. The van der Waals surface area contributed by atoms with Crippen LogP contribution in [0.1, 0.15) is 85.0 Å². The maximum atomic E-state index is 11.8. The van der Waals surface area contributed by atoms with Crippen molar-refractivity contribution in [2.24, 2.45) is 0 Å². The average Bonchev–Trinajstić information content (AvgIpc) is 2.83. The first-order chi connectivity index (χ1) is 16.1. The van der Waals surface area contributed by atoms with Crippen molar-refractivity contribution in [2.75, 3.05) is 12.4 Å². The lowest BCUT2D eigenvalue weighted by Gasteiger charge is -2.10. The number of aromatic nitrogens is 2. The van der Waals surface area contributed by atoms with E-state index in [1.165, 1.54) is 76.0 Å². The van der Waals surface area contributed by atoms with E-state index >= 15 is 0 Å². The molecule has 182 valence electrons. The fourth-order valence-electron chi connectivity index (χ4n) is 3.53. The van der Waals surface area contributed by atoms with Gasteiger partial charge < -0.3 is 4.74 Å². The Labute approximate surface area is 209 Å². The summed E-state index contributed by atoms with van der Waals surface area (Å²) < 4.78 is 5.07. The molecule has 0 spiro atoms. The Morgan fingerprint density at radius 2 is 1.42 bits per heavy atom. The molecule has 0 fully saturated rings. The Morgan fingerprint density at radius 3 is 2.00 bits per heavy atom. The number of benzene rings is 1. The van der Waals surface area contributed by atoms with Gasteiger partial charge in [-0.25, -0.2) is 9.97 Å². The van der Waals surface area contributed by atoms with Crippen LogP contribution in [0, 0.1) is 0 Å². The van der Waals surface area contributed by atoms with Crippen molar-refractivity contribution in [1.29, 1.82) is 0 Å². The summed E-state index contributed by atoms with van der Waals surface area (Å²) >= 11 is 3.26. The number of hydrogen-bond acceptors (Lipinski definition) is 6. The Morgan fingerprint density at radius 1 is 0.848 bits per heavy atom. The van der Waals surface area contributed by atoms with E-state index in [9.17, 15) is 4.79 Å². The molecular formula is C27H40N2O2S2. The number of ether oxygens (including phenoxy) is 1. The molecule has 0 aliphatic rings. The Kier molecular flexibility index (Phi) is 14.3. The highest BCUT2D eigenvalue weighted by Gasteiger charge is 2.15. The highest BCUT2D eigenvalue weighted by molar-refractivity contribution is 8.00. The Balaban J connectivity index is 1.65. The van der Waals surface area contributed by atoms with Crippen LogP contribution in [0.15, 0.2) is 46.7 Å². The molecule has 1 atom stereocenters. The predicted octanol–water partition coefficient (Wildman–Crippen LogP) is 8.20. The van der Waals surface area contributed by atoms with Gasteiger partial charge in [0.15, 0.2) is 5.16 Å². The summed E-state index contributed by atoms with van der Waals surface area (Å²) in [5, 5.41) is 0.635. The molecule has 4 nitrogen and oxygen atoms in total. The van der Waals surface area contributed by atoms with Crippen molar-refractivity contribution in [3.63, 3.8) is 0 Å². The number of esters is 1. The largest absolute Gasteiger partial charge is 0.465 e. The molecular weight excluding hydrogens is 448 g/mol. The summed E-state index contributed by atoms with van der Waals surface area (Å²) in [4.78, 5) is 21.9. The molecule has 6 heteroatoms. The molecule has 1 aromatic carbocycles. The number of carbonyl (C=O) groups excluding carboxylic acids is 1. The van der Waals surface area contributed by atoms with Crippen molar-refractivity contribution in [3.05, 3.63) is 36.7 Å². The fraction of sp³-hybridized carbons (Fsp3) is 0.593. The zero-order valence-corrected chi connectivity index (χ0v) is 22.2. The van der Waals surface area contributed by atoms with Crippen LogP contribution in [0.2, 0.25) is 0 Å². The molecule has 0 saturated heterocycles. The van der Waals surface area contributed by atoms with Crippen LogP contribution in [0.3, 0.4) is 0 Å². The van der Waals surface area contributed by atoms with Gasteiger partial charge in [0, 0.05) is 28.6 Å². The van der Waals surface area contributed by atoms with Crippen LogP contribution in [0.5, 0.6) is 0 Å². The summed E-state index contributed by atoms with van der Waals surface area (Å²) in [5.41, 5.74) is 2.09. The maximum absolute atomic E-state index is 11.8. The van der Waals surface area contributed by atoms with Gasteiger partial charge in [0.2, 0.25) is 0 Å². The molecule has 0 radical (unpaired) electrons. The van der Waals surface area contributed by atoms with Gasteiger partial charge in [-0.3, -0.25) is 4.79 Å². The fourth-order valence-corrected chi connectivity index (χ4v) is 5.18. The van der Waals surface area contributed by atoms with Crippen molar-refractivity contribution in [3.8, 4) is 11.1 Å². The van der Waals surface area contributed by atoms with E-state index < -0.39 is 0 Å². The molecule has 0 saturated carbocycles. The zero-order chi connectivity index (χ0) is 23.7. The van der Waals surface area contributed by atoms with E-state index in [1.807, 2.05) is 38.4 Å². The number of hydrogen-bond donors (Lipinski definition) is 0. The summed E-state index contributed by atoms with van der Waals surface area (Å²) in [6, 6.07) is 8.16. The molecule has 0 bridgehead atoms. The summed E-state index contributed by atoms with van der Waals surface area (Å²) in [6.45, 7) is 6.38. The summed E-state index contributed by atoms with van der Waals surface area (Å²) in [6.07, 6.45) is 17.4. The molecule has 2 rings (SSSR count). The van der Waals surface area contributed by atoms with Gasteiger partial charge in [0.25, 0.3) is 0 Å². The first-order valence-electron chi connectivity index (χ1n) is 12.5. The first kappa shape index (κ1) is 27.7. The van der Waals surface area contributed by atoms with Crippen molar-refractivity contribution < 1.29 is 9.53 Å². The highest BCUT2D eigenvalue weighted by atomic mass is 32.2. The lowest BCUT2D eigenvalue weighted by Crippen LogP contribution is -2.16. The van der Waals surface area contributed by atoms with Crippen molar-refractivity contribution in [2.45, 2.75) is 100 Å². The molecule has 1 aromatic heterocycles. The molecule has 0 amide bonds.